The van der Waals surface area contributed by atoms with Crippen molar-refractivity contribution in [1.29, 1.82) is 0 Å². The topological polar surface area (TPSA) is 76.0 Å². The van der Waals surface area contributed by atoms with E-state index < -0.39 is 0 Å². The van der Waals surface area contributed by atoms with E-state index in [0.717, 1.165) is 36.2 Å². The van der Waals surface area contributed by atoms with Gasteiger partial charge in [0.05, 0.1) is 22.7 Å². The molecule has 150 valence electrons. The maximum atomic E-state index is 13.2. The quantitative estimate of drug-likeness (QED) is 0.647. The first-order valence-electron chi connectivity index (χ1n) is 9.44. The number of aryl methyl sites for hydroxylation is 3. The molecule has 29 heavy (non-hydrogen) atoms. The summed E-state index contributed by atoms with van der Waals surface area (Å²) in [6.07, 6.45) is 3.27. The predicted molar refractivity (Wildman–Crippen MR) is 109 cm³/mol. The summed E-state index contributed by atoms with van der Waals surface area (Å²) in [6.45, 7) is 3.68. The van der Waals surface area contributed by atoms with E-state index >= 15 is 0 Å². The second-order valence-corrected chi connectivity index (χ2v) is 8.27. The van der Waals surface area contributed by atoms with E-state index in [1.165, 1.54) is 33.9 Å². The molecule has 0 saturated carbocycles. The zero-order chi connectivity index (χ0) is 20.5. The number of nitrogens with one attached hydrogen (secondary N) is 2. The van der Waals surface area contributed by atoms with Crippen molar-refractivity contribution in [1.82, 2.24) is 20.6 Å². The Bertz CT molecular complexity index is 1060. The predicted octanol–water partition coefficient (Wildman–Crippen LogP) is 3.18. The summed E-state index contributed by atoms with van der Waals surface area (Å²) in [5.74, 6) is -0.943. The van der Waals surface area contributed by atoms with Gasteiger partial charge in [-0.2, -0.15) is 5.10 Å². The first-order valence-corrected chi connectivity index (χ1v) is 10.3. The molecule has 1 aromatic carbocycles. The van der Waals surface area contributed by atoms with Gasteiger partial charge in [-0.15, -0.1) is 11.3 Å². The number of carbonyl (C=O) groups excluding carboxylic acids is 2. The molecule has 2 N–H and O–H groups in total. The number of carbonyl (C=O) groups is 2. The number of thiophene rings is 1. The maximum absolute atomic E-state index is 13.2. The summed E-state index contributed by atoms with van der Waals surface area (Å²) in [6, 6.07) is 7.92. The second-order valence-electron chi connectivity index (χ2n) is 7.13. The number of rotatable bonds is 4. The SMILES string of the molecule is Cc1nn(-c2ccc(F)cc2)c(C)c1CC(=O)NNC(=O)c1cc2c(s1)CCC2. The second kappa shape index (κ2) is 7.79. The molecule has 0 aliphatic heterocycles. The van der Waals surface area contributed by atoms with Gasteiger partial charge in [0, 0.05) is 16.1 Å². The molecule has 0 radical (unpaired) electrons. The molecule has 2 aromatic heterocycles. The van der Waals surface area contributed by atoms with Crippen LogP contribution < -0.4 is 10.9 Å². The smallest absolute Gasteiger partial charge is 0.273 e. The van der Waals surface area contributed by atoms with Crippen LogP contribution in [0, 0.1) is 19.7 Å². The van der Waals surface area contributed by atoms with E-state index in [1.54, 1.807) is 16.8 Å². The van der Waals surface area contributed by atoms with Gasteiger partial charge < -0.3 is 0 Å². The van der Waals surface area contributed by atoms with E-state index in [4.69, 9.17) is 0 Å². The van der Waals surface area contributed by atoms with Gasteiger partial charge in [0.2, 0.25) is 5.91 Å². The lowest BCUT2D eigenvalue weighted by molar-refractivity contribution is -0.121. The Morgan fingerprint density at radius 2 is 1.93 bits per heavy atom. The molecule has 2 heterocycles. The van der Waals surface area contributed by atoms with Gasteiger partial charge in [0.1, 0.15) is 5.82 Å². The van der Waals surface area contributed by atoms with Crippen molar-refractivity contribution in [2.75, 3.05) is 0 Å². The van der Waals surface area contributed by atoms with Crippen LogP contribution in [-0.2, 0) is 24.1 Å². The van der Waals surface area contributed by atoms with Gasteiger partial charge in [0.25, 0.3) is 5.91 Å². The lowest BCUT2D eigenvalue weighted by atomic mass is 10.1. The number of benzene rings is 1. The van der Waals surface area contributed by atoms with E-state index in [9.17, 15) is 14.0 Å². The van der Waals surface area contributed by atoms with Crippen LogP contribution in [0.1, 0.15) is 43.5 Å². The number of amides is 2. The summed E-state index contributed by atoms with van der Waals surface area (Å²) in [5, 5.41) is 4.46. The largest absolute Gasteiger partial charge is 0.279 e. The number of nitrogens with zero attached hydrogens (tertiary/aromatic N) is 2. The van der Waals surface area contributed by atoms with Gasteiger partial charge in [0.15, 0.2) is 0 Å². The Morgan fingerprint density at radius 3 is 2.66 bits per heavy atom. The molecule has 0 unspecified atom stereocenters. The molecule has 4 rings (SSSR count). The third-order valence-corrected chi connectivity index (χ3v) is 6.37. The third-order valence-electron chi connectivity index (χ3n) is 5.14. The van der Waals surface area contributed by atoms with Crippen LogP contribution in [0.3, 0.4) is 0 Å². The number of hydrazine groups is 1. The average molecular weight is 412 g/mol. The maximum Gasteiger partial charge on any atom is 0.279 e. The van der Waals surface area contributed by atoms with Crippen LogP contribution in [0.5, 0.6) is 0 Å². The standard InChI is InChI=1S/C21H21FN4O2S/c1-12-17(13(2)26(25-12)16-8-6-15(22)7-9-16)11-20(27)23-24-21(28)19-10-14-4-3-5-18(14)29-19/h6-10H,3-5,11H2,1-2H3,(H,23,27)(H,24,28). The van der Waals surface area contributed by atoms with E-state index in [2.05, 4.69) is 16.0 Å². The molecule has 0 atom stereocenters. The minimum absolute atomic E-state index is 0.0834. The minimum Gasteiger partial charge on any atom is -0.273 e. The number of hydrogen-bond donors (Lipinski definition) is 2. The Morgan fingerprint density at radius 1 is 1.17 bits per heavy atom. The summed E-state index contributed by atoms with van der Waals surface area (Å²) in [5.41, 5.74) is 9.22. The van der Waals surface area contributed by atoms with Gasteiger partial charge in [-0.25, -0.2) is 9.07 Å². The highest BCUT2D eigenvalue weighted by atomic mass is 32.1. The highest BCUT2D eigenvalue weighted by Gasteiger charge is 2.20. The van der Waals surface area contributed by atoms with Crippen LogP contribution >= 0.6 is 11.3 Å². The van der Waals surface area contributed by atoms with Crippen molar-refractivity contribution in [3.05, 3.63) is 68.4 Å². The third kappa shape index (κ3) is 3.93. The fourth-order valence-electron chi connectivity index (χ4n) is 3.60. The number of hydrogen-bond acceptors (Lipinski definition) is 4. The molecule has 0 spiro atoms. The van der Waals surface area contributed by atoms with Gasteiger partial charge in [-0.3, -0.25) is 20.4 Å². The lowest BCUT2D eigenvalue weighted by Crippen LogP contribution is -2.42. The van der Waals surface area contributed by atoms with Crippen molar-refractivity contribution < 1.29 is 14.0 Å². The number of fused-ring (bicyclic) bond motifs is 1. The monoisotopic (exact) mass is 412 g/mol. The zero-order valence-electron chi connectivity index (χ0n) is 16.2. The molecule has 1 aliphatic carbocycles. The average Bonchev–Trinajstić information content (AvgIpc) is 3.37. The fourth-order valence-corrected chi connectivity index (χ4v) is 4.75. The first-order chi connectivity index (χ1) is 13.9. The Balaban J connectivity index is 1.40. The highest BCUT2D eigenvalue weighted by Crippen LogP contribution is 2.30. The molecule has 6 nitrogen and oxygen atoms in total. The van der Waals surface area contributed by atoms with Crippen molar-refractivity contribution in [3.8, 4) is 5.69 Å². The van der Waals surface area contributed by atoms with Crippen molar-refractivity contribution in [3.63, 3.8) is 0 Å². The summed E-state index contributed by atoms with van der Waals surface area (Å²) in [7, 11) is 0. The van der Waals surface area contributed by atoms with Gasteiger partial charge in [-0.1, -0.05) is 0 Å². The van der Waals surface area contributed by atoms with Gasteiger partial charge >= 0.3 is 0 Å². The highest BCUT2D eigenvalue weighted by molar-refractivity contribution is 7.14. The summed E-state index contributed by atoms with van der Waals surface area (Å²) < 4.78 is 14.8. The number of halogens is 1. The molecular weight excluding hydrogens is 391 g/mol. The molecule has 0 bridgehead atoms. The Kier molecular flexibility index (Phi) is 5.19. The van der Waals surface area contributed by atoms with Crippen LogP contribution in [0.15, 0.2) is 30.3 Å². The molecule has 8 heteroatoms. The van der Waals surface area contributed by atoms with Crippen molar-refractivity contribution >= 4 is 23.2 Å². The Hall–Kier alpha value is -3.00. The fraction of sp³-hybridized carbons (Fsp3) is 0.286. The van der Waals surface area contributed by atoms with Crippen molar-refractivity contribution in [2.24, 2.45) is 0 Å². The molecule has 1 aliphatic rings. The van der Waals surface area contributed by atoms with E-state index in [0.29, 0.717) is 10.6 Å². The summed E-state index contributed by atoms with van der Waals surface area (Å²) in [4.78, 5) is 26.6. The first kappa shape index (κ1) is 19.3. The van der Waals surface area contributed by atoms with Crippen LogP contribution in [-0.4, -0.2) is 21.6 Å². The molecule has 0 fully saturated rings. The summed E-state index contributed by atoms with van der Waals surface area (Å²) >= 11 is 1.49. The van der Waals surface area contributed by atoms with Crippen molar-refractivity contribution in [2.45, 2.75) is 39.5 Å². The number of aromatic nitrogens is 2. The lowest BCUT2D eigenvalue weighted by Gasteiger charge is -2.08. The molecule has 0 saturated heterocycles. The normalized spacial score (nSPS) is 12.7. The minimum atomic E-state index is -0.327. The Labute approximate surface area is 171 Å². The van der Waals surface area contributed by atoms with Crippen LogP contribution in [0.2, 0.25) is 0 Å². The molecule has 2 amide bonds. The van der Waals surface area contributed by atoms with Crippen LogP contribution in [0.25, 0.3) is 5.69 Å². The van der Waals surface area contributed by atoms with Crippen LogP contribution in [0.4, 0.5) is 4.39 Å². The molecular formula is C21H21FN4O2S. The van der Waals surface area contributed by atoms with E-state index in [1.807, 2.05) is 19.9 Å². The van der Waals surface area contributed by atoms with E-state index in [-0.39, 0.29) is 24.1 Å². The molecule has 3 aromatic rings. The van der Waals surface area contributed by atoms with Gasteiger partial charge in [-0.05, 0) is 69.0 Å². The zero-order valence-corrected chi connectivity index (χ0v) is 17.0.